The van der Waals surface area contributed by atoms with E-state index in [2.05, 4.69) is 0 Å². The quantitative estimate of drug-likeness (QED) is 0.588. The average molecular weight is 228 g/mol. The lowest BCUT2D eigenvalue weighted by Crippen LogP contribution is -2.28. The van der Waals surface area contributed by atoms with Crippen LogP contribution >= 0.6 is 0 Å². The molecule has 0 radical (unpaired) electrons. The molecule has 1 heterocycles. The van der Waals surface area contributed by atoms with Crippen LogP contribution in [-0.2, 0) is 9.53 Å². The maximum Gasteiger partial charge on any atom is 0.190 e. The third-order valence-electron chi connectivity index (χ3n) is 3.72. The van der Waals surface area contributed by atoms with Gasteiger partial charge in [0.1, 0.15) is 0 Å². The molecule has 17 heavy (non-hydrogen) atoms. The van der Waals surface area contributed by atoms with Gasteiger partial charge in [-0.2, -0.15) is 0 Å². The summed E-state index contributed by atoms with van der Waals surface area (Å²) < 4.78 is 5.61. The molecule has 1 saturated heterocycles. The van der Waals surface area contributed by atoms with Crippen molar-refractivity contribution in [3.8, 4) is 0 Å². The summed E-state index contributed by atoms with van der Waals surface area (Å²) in [5.74, 6) is 0.144. The summed E-state index contributed by atoms with van der Waals surface area (Å²) in [6.45, 7) is 0. The highest BCUT2D eigenvalue weighted by Crippen LogP contribution is 2.48. The van der Waals surface area contributed by atoms with E-state index in [4.69, 9.17) is 4.74 Å². The first-order valence-electron chi connectivity index (χ1n) is 6.27. The Morgan fingerprint density at radius 1 is 1.29 bits per heavy atom. The molecule has 2 atom stereocenters. The van der Waals surface area contributed by atoms with E-state index in [0.29, 0.717) is 0 Å². The van der Waals surface area contributed by atoms with Crippen LogP contribution in [0.25, 0.3) is 6.08 Å². The summed E-state index contributed by atoms with van der Waals surface area (Å²) >= 11 is 0. The minimum atomic E-state index is -0.441. The first-order valence-corrected chi connectivity index (χ1v) is 6.27. The molecular weight excluding hydrogens is 212 g/mol. The summed E-state index contributed by atoms with van der Waals surface area (Å²) in [6, 6.07) is 9.90. The summed E-state index contributed by atoms with van der Waals surface area (Å²) in [5, 5.41) is 0. The molecule has 1 saturated carbocycles. The normalized spacial score (nSPS) is 31.2. The zero-order valence-electron chi connectivity index (χ0n) is 9.76. The Kier molecular flexibility index (Phi) is 2.60. The predicted molar refractivity (Wildman–Crippen MR) is 66.6 cm³/mol. The second kappa shape index (κ2) is 4.11. The molecule has 2 fully saturated rings. The van der Waals surface area contributed by atoms with Gasteiger partial charge in [0.2, 0.25) is 0 Å². The molecule has 3 rings (SSSR count). The van der Waals surface area contributed by atoms with Crippen LogP contribution in [-0.4, -0.2) is 17.5 Å². The van der Waals surface area contributed by atoms with Crippen LogP contribution in [0.3, 0.4) is 0 Å². The molecule has 0 aromatic heterocycles. The van der Waals surface area contributed by atoms with Crippen molar-refractivity contribution < 1.29 is 9.53 Å². The van der Waals surface area contributed by atoms with E-state index < -0.39 is 5.60 Å². The Morgan fingerprint density at radius 3 is 2.88 bits per heavy atom. The lowest BCUT2D eigenvalue weighted by atomic mass is 9.86. The van der Waals surface area contributed by atoms with Crippen molar-refractivity contribution in [2.24, 2.45) is 0 Å². The molecule has 1 aliphatic carbocycles. The zero-order valence-corrected chi connectivity index (χ0v) is 9.76. The Balaban J connectivity index is 1.70. The van der Waals surface area contributed by atoms with E-state index in [1.165, 1.54) is 6.42 Å². The Labute approximate surface area is 101 Å². The number of fused-ring (bicyclic) bond motifs is 1. The number of ketones is 1. The van der Waals surface area contributed by atoms with E-state index in [-0.39, 0.29) is 11.9 Å². The van der Waals surface area contributed by atoms with Gasteiger partial charge < -0.3 is 4.74 Å². The molecule has 0 N–H and O–H groups in total. The SMILES string of the molecule is O=C(/C=C/c1ccccc1)[C@]12CCCC[C@@H]1O2. The minimum Gasteiger partial charge on any atom is -0.357 e. The largest absolute Gasteiger partial charge is 0.357 e. The van der Waals surface area contributed by atoms with E-state index in [9.17, 15) is 4.79 Å². The van der Waals surface area contributed by atoms with Crippen LogP contribution in [0.2, 0.25) is 0 Å². The van der Waals surface area contributed by atoms with Crippen molar-refractivity contribution >= 4 is 11.9 Å². The van der Waals surface area contributed by atoms with Crippen LogP contribution in [0.1, 0.15) is 31.2 Å². The van der Waals surface area contributed by atoms with Gasteiger partial charge in [0, 0.05) is 0 Å². The van der Waals surface area contributed by atoms with Gasteiger partial charge in [-0.25, -0.2) is 0 Å². The molecular formula is C15H16O2. The molecule has 0 spiro atoms. The Bertz CT molecular complexity index is 449. The Morgan fingerprint density at radius 2 is 2.12 bits per heavy atom. The molecule has 0 amide bonds. The van der Waals surface area contributed by atoms with Crippen molar-refractivity contribution in [2.75, 3.05) is 0 Å². The van der Waals surface area contributed by atoms with Gasteiger partial charge in [0.05, 0.1) is 6.10 Å². The molecule has 2 nitrogen and oxygen atoms in total. The van der Waals surface area contributed by atoms with E-state index in [0.717, 1.165) is 24.8 Å². The van der Waals surface area contributed by atoms with Gasteiger partial charge in [-0.05, 0) is 30.9 Å². The van der Waals surface area contributed by atoms with Crippen molar-refractivity contribution in [2.45, 2.75) is 37.4 Å². The van der Waals surface area contributed by atoms with E-state index >= 15 is 0 Å². The highest BCUT2D eigenvalue weighted by molar-refractivity contribution is 6.02. The monoisotopic (exact) mass is 228 g/mol. The van der Waals surface area contributed by atoms with Crippen LogP contribution < -0.4 is 0 Å². The first kappa shape index (κ1) is 10.7. The zero-order chi connectivity index (χ0) is 11.7. The van der Waals surface area contributed by atoms with Crippen molar-refractivity contribution in [3.05, 3.63) is 42.0 Å². The molecule has 0 unspecified atom stereocenters. The molecule has 2 heteroatoms. The average Bonchev–Trinajstić information content (AvgIpc) is 3.13. The minimum absolute atomic E-state index is 0.144. The predicted octanol–water partition coefficient (Wildman–Crippen LogP) is 2.98. The standard InChI is InChI=1S/C15H16O2/c16-13(10-9-12-6-2-1-3-7-12)15-11-5-4-8-14(15)17-15/h1-3,6-7,9-10,14H,4-5,8,11H2/b10-9+/t14-,15+/m0/s1. The van der Waals surface area contributed by atoms with Crippen LogP contribution in [0.15, 0.2) is 36.4 Å². The highest BCUT2D eigenvalue weighted by atomic mass is 16.6. The fourth-order valence-electron chi connectivity index (χ4n) is 2.67. The molecule has 88 valence electrons. The number of hydrogen-bond acceptors (Lipinski definition) is 2. The molecule has 1 aromatic carbocycles. The number of hydrogen-bond donors (Lipinski definition) is 0. The molecule has 0 bridgehead atoms. The van der Waals surface area contributed by atoms with E-state index in [1.807, 2.05) is 36.4 Å². The summed E-state index contributed by atoms with van der Waals surface area (Å²) in [7, 11) is 0. The Hall–Kier alpha value is -1.41. The van der Waals surface area contributed by atoms with Crippen molar-refractivity contribution in [1.29, 1.82) is 0 Å². The number of epoxide rings is 1. The van der Waals surface area contributed by atoms with Gasteiger partial charge in [-0.15, -0.1) is 0 Å². The van der Waals surface area contributed by atoms with Crippen LogP contribution in [0.4, 0.5) is 0 Å². The van der Waals surface area contributed by atoms with Crippen LogP contribution in [0.5, 0.6) is 0 Å². The number of carbonyl (C=O) groups excluding carboxylic acids is 1. The van der Waals surface area contributed by atoms with Gasteiger partial charge in [0.15, 0.2) is 11.4 Å². The number of benzene rings is 1. The van der Waals surface area contributed by atoms with Gasteiger partial charge in [-0.1, -0.05) is 42.8 Å². The van der Waals surface area contributed by atoms with Gasteiger partial charge >= 0.3 is 0 Å². The fourth-order valence-corrected chi connectivity index (χ4v) is 2.67. The summed E-state index contributed by atoms with van der Waals surface area (Å²) in [4.78, 5) is 12.1. The van der Waals surface area contributed by atoms with Crippen molar-refractivity contribution in [1.82, 2.24) is 0 Å². The van der Waals surface area contributed by atoms with Gasteiger partial charge in [-0.3, -0.25) is 4.79 Å². The molecule has 2 aliphatic rings. The summed E-state index contributed by atoms with van der Waals surface area (Å²) in [6.07, 6.45) is 8.01. The second-order valence-corrected chi connectivity index (χ2v) is 4.85. The lowest BCUT2D eigenvalue weighted by molar-refractivity contribution is -0.119. The van der Waals surface area contributed by atoms with Gasteiger partial charge in [0.25, 0.3) is 0 Å². The number of carbonyl (C=O) groups is 1. The third kappa shape index (κ3) is 1.93. The maximum absolute atomic E-state index is 12.1. The van der Waals surface area contributed by atoms with Crippen molar-refractivity contribution in [3.63, 3.8) is 0 Å². The number of rotatable bonds is 3. The fraction of sp³-hybridized carbons (Fsp3) is 0.400. The van der Waals surface area contributed by atoms with E-state index in [1.54, 1.807) is 6.08 Å². The smallest absolute Gasteiger partial charge is 0.190 e. The summed E-state index contributed by atoms with van der Waals surface area (Å²) in [5.41, 5.74) is 0.619. The third-order valence-corrected chi connectivity index (χ3v) is 3.72. The second-order valence-electron chi connectivity index (χ2n) is 4.85. The molecule has 1 aromatic rings. The first-order chi connectivity index (χ1) is 8.31. The lowest BCUT2D eigenvalue weighted by Gasteiger charge is -2.13. The maximum atomic E-state index is 12.1. The van der Waals surface area contributed by atoms with Crippen LogP contribution in [0, 0.1) is 0 Å². The topological polar surface area (TPSA) is 29.6 Å². The molecule has 1 aliphatic heterocycles. The number of ether oxygens (including phenoxy) is 1. The highest BCUT2D eigenvalue weighted by Gasteiger charge is 2.61.